The second kappa shape index (κ2) is 32.5. The first-order valence-corrected chi connectivity index (χ1v) is 18.5. The van der Waals surface area contributed by atoms with Gasteiger partial charge in [-0.2, -0.15) is 0 Å². The maximum atomic E-state index is 5.01. The number of piperazine rings is 1. The molecule has 2 unspecified atom stereocenters. The zero-order valence-electron chi connectivity index (χ0n) is 28.4. The largest absolute Gasteiger partial charge is 0.381 e. The zero-order valence-corrected chi connectivity index (χ0v) is 28.4. The van der Waals surface area contributed by atoms with Gasteiger partial charge in [-0.15, -0.1) is 0 Å². The van der Waals surface area contributed by atoms with Gasteiger partial charge in [0, 0.05) is 52.5 Å². The molecule has 1 saturated carbocycles. The summed E-state index contributed by atoms with van der Waals surface area (Å²) in [5.41, 5.74) is 0. The summed E-state index contributed by atoms with van der Waals surface area (Å²) in [4.78, 5) is 0. The van der Waals surface area contributed by atoms with Crippen LogP contribution >= 0.6 is 0 Å². The lowest BCUT2D eigenvalue weighted by molar-refractivity contribution is -0.0334. The van der Waals surface area contributed by atoms with Crippen LogP contribution in [0.1, 0.15) is 77.0 Å². The fraction of sp³-hybridized carbons (Fsp3) is 1.00. The summed E-state index contributed by atoms with van der Waals surface area (Å²) in [5.74, 6) is 2.14. The van der Waals surface area contributed by atoms with E-state index < -0.39 is 0 Å². The number of nitrogens with one attached hydrogen (secondary N) is 6. The van der Waals surface area contributed by atoms with Gasteiger partial charge in [0.05, 0.1) is 39.6 Å². The molecule has 0 aromatic rings. The zero-order chi connectivity index (χ0) is 30.9. The molecule has 0 radical (unpaired) electrons. The van der Waals surface area contributed by atoms with Crippen LogP contribution in [0.25, 0.3) is 0 Å². The highest BCUT2D eigenvalue weighted by molar-refractivity contribution is 4.81. The first kappa shape index (κ1) is 39.8. The lowest BCUT2D eigenvalue weighted by Gasteiger charge is -2.35. The summed E-state index contributed by atoms with van der Waals surface area (Å²) in [6.45, 7) is 21.1. The molecule has 10 nitrogen and oxygen atoms in total. The Bertz CT molecular complexity index is 411. The molecule has 10 heteroatoms. The van der Waals surface area contributed by atoms with Gasteiger partial charge in [-0.1, -0.05) is 25.7 Å². The van der Waals surface area contributed by atoms with Gasteiger partial charge < -0.3 is 50.8 Å². The second-order valence-corrected chi connectivity index (χ2v) is 12.5. The molecule has 0 amide bonds. The van der Waals surface area contributed by atoms with Gasteiger partial charge in [0.2, 0.25) is 0 Å². The minimum atomic E-state index is 0.778. The van der Waals surface area contributed by atoms with Crippen molar-refractivity contribution in [2.75, 3.05) is 131 Å². The third-order valence-electron chi connectivity index (χ3n) is 8.70. The number of ether oxygens (including phenoxy) is 4. The molecule has 1 aliphatic carbocycles. The van der Waals surface area contributed by atoms with Crippen molar-refractivity contribution in [3.8, 4) is 0 Å². The standard InChI is InChI=1S/C9H17N.C5H11N.C4H10N2.C4H9NO.C4H9N.C4H8O2.C4H8O/c1-2-4-9-7-10-6-5-8(9)3-1;1-2-4-6-5-3-1;1-2-6-4-3-5-1;1-3-6-4-2-5-1;1-2-4-5-3-1;1-2-6-4-3-5-1;1-2-4-5-3-1/h8-10H,1-7H2;6H,1-5H2;5-6H,1-4H2;5H,1-4H2;5H,1-4H2;1-4H2;1-4H2. The van der Waals surface area contributed by atoms with Crippen molar-refractivity contribution in [1.29, 1.82) is 0 Å². The van der Waals surface area contributed by atoms with E-state index in [1.54, 1.807) is 0 Å². The van der Waals surface area contributed by atoms with E-state index in [4.69, 9.17) is 18.9 Å². The Balaban J connectivity index is 0.000000182. The Hall–Kier alpha value is -0.400. The van der Waals surface area contributed by atoms with Crippen LogP contribution in [0, 0.1) is 11.8 Å². The molecule has 0 bridgehead atoms. The molecule has 0 aromatic carbocycles. The van der Waals surface area contributed by atoms with Crippen LogP contribution in [0.5, 0.6) is 0 Å². The van der Waals surface area contributed by atoms with Gasteiger partial charge >= 0.3 is 0 Å². The van der Waals surface area contributed by atoms with Crippen LogP contribution in [-0.4, -0.2) is 131 Å². The van der Waals surface area contributed by atoms with E-state index in [0.29, 0.717) is 0 Å². The highest BCUT2D eigenvalue weighted by Crippen LogP contribution is 2.33. The Kier molecular flexibility index (Phi) is 29.4. The van der Waals surface area contributed by atoms with Crippen molar-refractivity contribution in [3.63, 3.8) is 0 Å². The minimum Gasteiger partial charge on any atom is -0.381 e. The molecule has 44 heavy (non-hydrogen) atoms. The minimum absolute atomic E-state index is 0.778. The maximum Gasteiger partial charge on any atom is 0.0701 e. The summed E-state index contributed by atoms with van der Waals surface area (Å²) >= 11 is 0. The molecule has 6 N–H and O–H groups in total. The van der Waals surface area contributed by atoms with Crippen molar-refractivity contribution in [2.45, 2.75) is 77.0 Å². The van der Waals surface area contributed by atoms with E-state index in [-0.39, 0.29) is 0 Å². The molecule has 0 spiro atoms. The fourth-order valence-corrected chi connectivity index (χ4v) is 6.00. The SMILES string of the molecule is C1CCC2CNCCC2C1.C1CCNC1.C1CCNCC1.C1CCOC1.C1CNCCN1.C1COCCN1.C1COCCO1. The molecule has 8 rings (SSSR count). The molecule has 7 saturated heterocycles. The van der Waals surface area contributed by atoms with Crippen LogP contribution < -0.4 is 31.9 Å². The molecule has 7 heterocycles. The van der Waals surface area contributed by atoms with Crippen LogP contribution in [0.15, 0.2) is 0 Å². The summed E-state index contributed by atoms with van der Waals surface area (Å²) in [6, 6.07) is 0. The van der Waals surface area contributed by atoms with E-state index in [1.165, 1.54) is 116 Å². The third-order valence-corrected chi connectivity index (χ3v) is 8.70. The van der Waals surface area contributed by atoms with Crippen LogP contribution in [0.2, 0.25) is 0 Å². The van der Waals surface area contributed by atoms with Crippen molar-refractivity contribution < 1.29 is 18.9 Å². The highest BCUT2D eigenvalue weighted by Gasteiger charge is 2.26. The Morgan fingerprint density at radius 2 is 0.705 bits per heavy atom. The number of rotatable bonds is 0. The highest BCUT2D eigenvalue weighted by atomic mass is 16.6. The molecule has 2 atom stereocenters. The fourth-order valence-electron chi connectivity index (χ4n) is 6.00. The predicted molar refractivity (Wildman–Crippen MR) is 183 cm³/mol. The molecular formula is C34H72N6O4. The molecule has 8 aliphatic rings. The average Bonchev–Trinajstić information content (AvgIpc) is 3.94. The van der Waals surface area contributed by atoms with Crippen LogP contribution in [0.4, 0.5) is 0 Å². The van der Waals surface area contributed by atoms with Crippen LogP contribution in [0.3, 0.4) is 0 Å². The van der Waals surface area contributed by atoms with Crippen molar-refractivity contribution >= 4 is 0 Å². The lowest BCUT2D eigenvalue weighted by atomic mass is 9.76. The second-order valence-electron chi connectivity index (χ2n) is 12.5. The van der Waals surface area contributed by atoms with E-state index in [2.05, 4.69) is 31.9 Å². The topological polar surface area (TPSA) is 109 Å². The molecule has 0 aromatic heterocycles. The molecular weight excluding hydrogens is 556 g/mol. The summed E-state index contributed by atoms with van der Waals surface area (Å²) in [7, 11) is 0. The summed E-state index contributed by atoms with van der Waals surface area (Å²) in [6.07, 6.45) is 17.0. The lowest BCUT2D eigenvalue weighted by Crippen LogP contribution is -2.39. The first-order chi connectivity index (χ1) is 22.0. The smallest absolute Gasteiger partial charge is 0.0701 e. The molecule has 8 fully saturated rings. The maximum absolute atomic E-state index is 5.01. The summed E-state index contributed by atoms with van der Waals surface area (Å²) in [5, 5.41) is 19.6. The van der Waals surface area contributed by atoms with Crippen molar-refractivity contribution in [2.24, 2.45) is 11.8 Å². The van der Waals surface area contributed by atoms with E-state index in [0.717, 1.165) is 104 Å². The average molecular weight is 629 g/mol. The Morgan fingerprint density at radius 3 is 1.02 bits per heavy atom. The Morgan fingerprint density at radius 1 is 0.273 bits per heavy atom. The Labute approximate surface area is 271 Å². The number of hydrogen-bond acceptors (Lipinski definition) is 10. The van der Waals surface area contributed by atoms with E-state index in [9.17, 15) is 0 Å². The molecule has 262 valence electrons. The molecule has 7 aliphatic heterocycles. The number of morpholine rings is 1. The number of piperidine rings is 2. The summed E-state index contributed by atoms with van der Waals surface area (Å²) < 4.78 is 19.8. The van der Waals surface area contributed by atoms with E-state index >= 15 is 0 Å². The van der Waals surface area contributed by atoms with Crippen molar-refractivity contribution in [1.82, 2.24) is 31.9 Å². The number of hydrogen-bond donors (Lipinski definition) is 6. The van der Waals surface area contributed by atoms with Crippen molar-refractivity contribution in [3.05, 3.63) is 0 Å². The number of fused-ring (bicyclic) bond motifs is 1. The van der Waals surface area contributed by atoms with E-state index in [1.807, 2.05) is 0 Å². The first-order valence-electron chi connectivity index (χ1n) is 18.5. The van der Waals surface area contributed by atoms with Gasteiger partial charge in [0.1, 0.15) is 0 Å². The van der Waals surface area contributed by atoms with Gasteiger partial charge in [0.15, 0.2) is 0 Å². The third kappa shape index (κ3) is 25.8. The monoisotopic (exact) mass is 629 g/mol. The normalized spacial score (nSPS) is 27.8. The predicted octanol–water partition coefficient (Wildman–Crippen LogP) is 2.53. The van der Waals surface area contributed by atoms with Gasteiger partial charge in [0.25, 0.3) is 0 Å². The van der Waals surface area contributed by atoms with Gasteiger partial charge in [-0.3, -0.25) is 0 Å². The van der Waals surface area contributed by atoms with Gasteiger partial charge in [-0.25, -0.2) is 0 Å². The quantitative estimate of drug-likeness (QED) is 0.240. The van der Waals surface area contributed by atoms with Crippen LogP contribution in [-0.2, 0) is 18.9 Å². The van der Waals surface area contributed by atoms with Gasteiger partial charge in [-0.05, 0) is 102 Å².